The number of hydrogen-bond donors (Lipinski definition) is 0. The molecule has 0 saturated carbocycles. The molecule has 4 heterocycles. The first-order valence-corrected chi connectivity index (χ1v) is 18.5. The summed E-state index contributed by atoms with van der Waals surface area (Å²) in [6.45, 7) is 0. The number of fused-ring (bicyclic) bond motifs is 10. The van der Waals surface area contributed by atoms with Crippen molar-refractivity contribution in [2.75, 3.05) is 0 Å². The van der Waals surface area contributed by atoms with Crippen LogP contribution in [0.2, 0.25) is 0 Å². The van der Waals surface area contributed by atoms with Crippen molar-refractivity contribution in [1.29, 1.82) is 5.26 Å². The van der Waals surface area contributed by atoms with E-state index in [-0.39, 0.29) is 0 Å². The van der Waals surface area contributed by atoms with Crippen molar-refractivity contribution in [1.82, 2.24) is 24.5 Å². The zero-order valence-corrected chi connectivity index (χ0v) is 29.4. The molecule has 0 radical (unpaired) electrons. The smallest absolute Gasteiger partial charge is 0.238 e. The third-order valence-electron chi connectivity index (χ3n) is 10.3. The van der Waals surface area contributed by atoms with Crippen LogP contribution in [0.4, 0.5) is 0 Å². The van der Waals surface area contributed by atoms with Crippen LogP contribution in [0, 0.1) is 11.3 Å². The Morgan fingerprint density at radius 3 is 1.89 bits per heavy atom. The molecule has 0 amide bonds. The summed E-state index contributed by atoms with van der Waals surface area (Å²) in [5.41, 5.74) is 7.05. The second-order valence-electron chi connectivity index (χ2n) is 13.4. The lowest BCUT2D eigenvalue weighted by atomic mass is 9.95. The monoisotopic (exact) mass is 706 g/mol. The van der Waals surface area contributed by atoms with E-state index >= 15 is 0 Å². The highest BCUT2D eigenvalue weighted by atomic mass is 32.1. The van der Waals surface area contributed by atoms with Crippen molar-refractivity contribution in [3.05, 3.63) is 163 Å². The van der Waals surface area contributed by atoms with E-state index < -0.39 is 0 Å². The second kappa shape index (κ2) is 11.9. The molecule has 0 atom stereocenters. The van der Waals surface area contributed by atoms with E-state index in [0.29, 0.717) is 23.2 Å². The molecule has 4 aromatic heterocycles. The Hall–Kier alpha value is -7.27. The van der Waals surface area contributed by atoms with Crippen LogP contribution in [0.5, 0.6) is 0 Å². The molecule has 0 bridgehead atoms. The van der Waals surface area contributed by atoms with Gasteiger partial charge in [-0.25, -0.2) is 9.97 Å². The third-order valence-corrected chi connectivity index (χ3v) is 11.4. The molecule has 0 saturated heterocycles. The van der Waals surface area contributed by atoms with Crippen molar-refractivity contribution >= 4 is 75.0 Å². The third kappa shape index (κ3) is 4.64. The molecule has 250 valence electrons. The van der Waals surface area contributed by atoms with Crippen LogP contribution in [-0.2, 0) is 0 Å². The SMILES string of the molecule is N#Cc1cccc(-c2nc(-c3ccc4nc(-c5ccccc5)c5ccc6sc7ccccc7c6c5c4c3)nc(-n3c4ccccc4c4ccccc43)n2)c1. The van der Waals surface area contributed by atoms with Gasteiger partial charge in [0.15, 0.2) is 11.6 Å². The minimum Gasteiger partial charge on any atom is -0.278 e. The number of aromatic nitrogens is 5. The number of rotatable bonds is 4. The average Bonchev–Trinajstić information content (AvgIpc) is 3.79. The fraction of sp³-hybridized carbons (Fsp3) is 0. The van der Waals surface area contributed by atoms with Crippen LogP contribution in [0.1, 0.15) is 5.56 Å². The molecule has 54 heavy (non-hydrogen) atoms. The van der Waals surface area contributed by atoms with Gasteiger partial charge in [-0.15, -0.1) is 11.3 Å². The van der Waals surface area contributed by atoms with Crippen LogP contribution >= 0.6 is 11.3 Å². The summed E-state index contributed by atoms with van der Waals surface area (Å²) in [5, 5.41) is 17.8. The first-order chi connectivity index (χ1) is 26.7. The number of para-hydroxylation sites is 2. The van der Waals surface area contributed by atoms with Crippen LogP contribution in [0.3, 0.4) is 0 Å². The van der Waals surface area contributed by atoms with Crippen LogP contribution in [-0.4, -0.2) is 24.5 Å². The zero-order valence-electron chi connectivity index (χ0n) is 28.6. The Bertz CT molecular complexity index is 3300. The van der Waals surface area contributed by atoms with Gasteiger partial charge >= 0.3 is 0 Å². The zero-order chi connectivity index (χ0) is 35.8. The minimum absolute atomic E-state index is 0.489. The topological polar surface area (TPSA) is 80.3 Å². The molecular formula is C47H26N6S. The molecule has 0 N–H and O–H groups in total. The first-order valence-electron chi connectivity index (χ1n) is 17.7. The Kier molecular flexibility index (Phi) is 6.68. The van der Waals surface area contributed by atoms with E-state index in [9.17, 15) is 5.26 Å². The fourth-order valence-electron chi connectivity index (χ4n) is 7.85. The van der Waals surface area contributed by atoms with Crippen LogP contribution < -0.4 is 0 Å². The Morgan fingerprint density at radius 1 is 0.463 bits per heavy atom. The summed E-state index contributed by atoms with van der Waals surface area (Å²) in [4.78, 5) is 20.7. The molecule has 11 rings (SSSR count). The van der Waals surface area contributed by atoms with Gasteiger partial charge in [0, 0.05) is 63.8 Å². The maximum atomic E-state index is 9.78. The Balaban J connectivity index is 1.23. The molecule has 6 nitrogen and oxygen atoms in total. The summed E-state index contributed by atoms with van der Waals surface area (Å²) < 4.78 is 4.59. The van der Waals surface area contributed by atoms with Gasteiger partial charge in [-0.2, -0.15) is 15.2 Å². The van der Waals surface area contributed by atoms with Crippen molar-refractivity contribution < 1.29 is 0 Å². The minimum atomic E-state index is 0.489. The van der Waals surface area contributed by atoms with E-state index in [2.05, 4.69) is 126 Å². The van der Waals surface area contributed by atoms with Crippen LogP contribution in [0.25, 0.3) is 104 Å². The van der Waals surface area contributed by atoms with Gasteiger partial charge in [-0.3, -0.25) is 4.57 Å². The molecule has 0 spiro atoms. The molecular weight excluding hydrogens is 681 g/mol. The van der Waals surface area contributed by atoms with E-state index in [0.717, 1.165) is 65.9 Å². The summed E-state index contributed by atoms with van der Waals surface area (Å²) in [7, 11) is 0. The van der Waals surface area contributed by atoms with Gasteiger partial charge in [0.05, 0.1) is 33.9 Å². The normalized spacial score (nSPS) is 11.7. The van der Waals surface area contributed by atoms with E-state index in [1.54, 1.807) is 6.07 Å². The molecule has 0 aliphatic carbocycles. The number of thiophene rings is 1. The summed E-state index contributed by atoms with van der Waals surface area (Å²) >= 11 is 1.81. The molecule has 0 aliphatic rings. The standard InChI is InChI=1S/C47H26N6S/c48-27-28-11-10-14-30(25-28)45-50-46(52-47(51-45)53-38-18-7-4-15-32(38)33-16-5-8-19-39(33)53)31-21-23-37-36(26-31)42-35(44(49-37)29-12-2-1-3-13-29)22-24-41-43(42)34-17-6-9-20-40(34)54-41/h1-26H. The van der Waals surface area contributed by atoms with Gasteiger partial charge in [0.25, 0.3) is 0 Å². The highest BCUT2D eigenvalue weighted by Crippen LogP contribution is 2.44. The fourth-order valence-corrected chi connectivity index (χ4v) is 8.97. The van der Waals surface area contributed by atoms with Crippen LogP contribution in [0.15, 0.2) is 158 Å². The number of pyridine rings is 1. The first kappa shape index (κ1) is 30.4. The quantitative estimate of drug-likeness (QED) is 0.170. The molecule has 7 aromatic carbocycles. The van der Waals surface area contributed by atoms with Crippen molar-refractivity contribution in [2.45, 2.75) is 0 Å². The van der Waals surface area contributed by atoms with Gasteiger partial charge in [-0.05, 0) is 54.6 Å². The maximum absolute atomic E-state index is 9.78. The van der Waals surface area contributed by atoms with Crippen molar-refractivity contribution in [3.63, 3.8) is 0 Å². The Labute approximate surface area is 312 Å². The maximum Gasteiger partial charge on any atom is 0.238 e. The molecule has 0 fully saturated rings. The molecule has 11 aromatic rings. The lowest BCUT2D eigenvalue weighted by molar-refractivity contribution is 0.953. The molecule has 0 unspecified atom stereocenters. The predicted molar refractivity (Wildman–Crippen MR) is 221 cm³/mol. The average molecular weight is 707 g/mol. The Morgan fingerprint density at radius 2 is 1.13 bits per heavy atom. The van der Waals surface area contributed by atoms with Crippen molar-refractivity contribution in [2.24, 2.45) is 0 Å². The summed E-state index contributed by atoms with van der Waals surface area (Å²) in [6.07, 6.45) is 0. The van der Waals surface area contributed by atoms with Crippen molar-refractivity contribution in [3.8, 4) is 46.1 Å². The van der Waals surface area contributed by atoms with Gasteiger partial charge in [0.2, 0.25) is 5.95 Å². The van der Waals surface area contributed by atoms with Gasteiger partial charge < -0.3 is 0 Å². The van der Waals surface area contributed by atoms with E-state index in [1.807, 2.05) is 47.7 Å². The van der Waals surface area contributed by atoms with E-state index in [4.69, 9.17) is 19.9 Å². The molecule has 7 heteroatoms. The largest absolute Gasteiger partial charge is 0.278 e. The second-order valence-corrected chi connectivity index (χ2v) is 14.4. The highest BCUT2D eigenvalue weighted by Gasteiger charge is 2.20. The lowest BCUT2D eigenvalue weighted by Gasteiger charge is -2.14. The number of nitriles is 1. The molecule has 0 aliphatic heterocycles. The highest BCUT2D eigenvalue weighted by molar-refractivity contribution is 7.26. The van der Waals surface area contributed by atoms with E-state index in [1.165, 1.54) is 20.2 Å². The summed E-state index contributed by atoms with van der Waals surface area (Å²) in [6, 6.07) is 56.2. The van der Waals surface area contributed by atoms with Gasteiger partial charge in [-0.1, -0.05) is 103 Å². The predicted octanol–water partition coefficient (Wildman–Crippen LogP) is 11.9. The lowest BCUT2D eigenvalue weighted by Crippen LogP contribution is -2.06. The number of nitrogens with zero attached hydrogens (tertiary/aromatic N) is 6. The van der Waals surface area contributed by atoms with Gasteiger partial charge in [0.1, 0.15) is 0 Å². The number of hydrogen-bond acceptors (Lipinski definition) is 6. The number of benzene rings is 7. The summed E-state index contributed by atoms with van der Waals surface area (Å²) in [5.74, 6) is 1.52.